The van der Waals surface area contributed by atoms with E-state index < -0.39 is 10.0 Å². The molecule has 0 atom stereocenters. The lowest BCUT2D eigenvalue weighted by Crippen LogP contribution is -2.49. The number of nitrogens with zero attached hydrogens (tertiary/aromatic N) is 5. The summed E-state index contributed by atoms with van der Waals surface area (Å²) < 4.78 is 30.3. The molecule has 0 saturated carbocycles. The van der Waals surface area contributed by atoms with Crippen LogP contribution in [0.1, 0.15) is 38.8 Å². The summed E-state index contributed by atoms with van der Waals surface area (Å²) in [4.78, 5) is 22.0. The second-order valence-electron chi connectivity index (χ2n) is 9.52. The Balaban J connectivity index is 1.57. The Bertz CT molecular complexity index is 1060. The third kappa shape index (κ3) is 5.67. The van der Waals surface area contributed by atoms with Gasteiger partial charge in [-0.1, -0.05) is 13.8 Å². The first-order chi connectivity index (χ1) is 15.7. The zero-order valence-corrected chi connectivity index (χ0v) is 21.5. The molecule has 2 fully saturated rings. The number of piperazine rings is 1. The summed E-state index contributed by atoms with van der Waals surface area (Å²) in [5.74, 6) is 0.593. The summed E-state index contributed by atoms with van der Waals surface area (Å²) in [7, 11) is -3.64. The molecular formula is C23H35N5O3S2. The SMILES string of the molecule is Cc1csc(-c2cc(S(=O)(=O)N3CCN(CC(C)C)CC3)cn2CC(=O)N2CCCCC2)n1. The normalized spacial score (nSPS) is 18.8. The van der Waals surface area contributed by atoms with Crippen molar-refractivity contribution in [2.75, 3.05) is 45.8 Å². The first-order valence-corrected chi connectivity index (χ1v) is 14.2. The number of amides is 1. The number of hydrogen-bond acceptors (Lipinski definition) is 6. The van der Waals surface area contributed by atoms with Crippen LogP contribution in [0.3, 0.4) is 0 Å². The van der Waals surface area contributed by atoms with E-state index >= 15 is 0 Å². The predicted octanol–water partition coefficient (Wildman–Crippen LogP) is 2.89. The van der Waals surface area contributed by atoms with Gasteiger partial charge >= 0.3 is 0 Å². The van der Waals surface area contributed by atoms with E-state index in [2.05, 4.69) is 23.7 Å². The average Bonchev–Trinajstić information content (AvgIpc) is 3.41. The van der Waals surface area contributed by atoms with Gasteiger partial charge < -0.3 is 14.4 Å². The van der Waals surface area contributed by atoms with Crippen molar-refractivity contribution in [3.8, 4) is 10.7 Å². The zero-order valence-electron chi connectivity index (χ0n) is 19.9. The number of thiazole rings is 1. The topological polar surface area (TPSA) is 78.8 Å². The van der Waals surface area contributed by atoms with Crippen LogP contribution in [0, 0.1) is 12.8 Å². The van der Waals surface area contributed by atoms with Crippen molar-refractivity contribution >= 4 is 27.3 Å². The summed E-state index contributed by atoms with van der Waals surface area (Å²) in [5.41, 5.74) is 1.58. The molecule has 4 heterocycles. The smallest absolute Gasteiger partial charge is 0.244 e. The van der Waals surface area contributed by atoms with Gasteiger partial charge in [0, 0.05) is 63.1 Å². The lowest BCUT2D eigenvalue weighted by atomic mass is 10.1. The van der Waals surface area contributed by atoms with Crippen LogP contribution in [0.4, 0.5) is 0 Å². The quantitative estimate of drug-likeness (QED) is 0.593. The maximum atomic E-state index is 13.5. The molecule has 4 rings (SSSR count). The molecule has 0 bridgehead atoms. The first-order valence-electron chi connectivity index (χ1n) is 11.9. The van der Waals surface area contributed by atoms with Gasteiger partial charge in [0.15, 0.2) is 0 Å². The fourth-order valence-electron chi connectivity index (χ4n) is 4.61. The second-order valence-corrected chi connectivity index (χ2v) is 12.3. The van der Waals surface area contributed by atoms with Crippen molar-refractivity contribution in [2.24, 2.45) is 5.92 Å². The van der Waals surface area contributed by atoms with E-state index in [1.807, 2.05) is 17.2 Å². The second kappa shape index (κ2) is 10.2. The van der Waals surface area contributed by atoms with Crippen LogP contribution in [0.15, 0.2) is 22.5 Å². The molecule has 0 radical (unpaired) electrons. The Labute approximate surface area is 201 Å². The Morgan fingerprint density at radius 2 is 1.79 bits per heavy atom. The van der Waals surface area contributed by atoms with Gasteiger partial charge in [-0.3, -0.25) is 4.79 Å². The fourth-order valence-corrected chi connectivity index (χ4v) is 6.90. The molecule has 0 unspecified atom stereocenters. The molecule has 0 spiro atoms. The van der Waals surface area contributed by atoms with Crippen molar-refractivity contribution in [2.45, 2.75) is 51.5 Å². The summed E-state index contributed by atoms with van der Waals surface area (Å²) in [6, 6.07) is 1.69. The number of likely N-dealkylation sites (tertiary alicyclic amines) is 1. The number of rotatable bonds is 7. The van der Waals surface area contributed by atoms with Gasteiger partial charge in [-0.05, 0) is 38.2 Å². The van der Waals surface area contributed by atoms with E-state index in [4.69, 9.17) is 0 Å². The lowest BCUT2D eigenvalue weighted by molar-refractivity contribution is -0.132. The summed E-state index contributed by atoms with van der Waals surface area (Å²) in [6.07, 6.45) is 4.84. The molecule has 33 heavy (non-hydrogen) atoms. The fraction of sp³-hybridized carbons (Fsp3) is 0.652. The van der Waals surface area contributed by atoms with E-state index in [1.165, 1.54) is 11.3 Å². The van der Waals surface area contributed by atoms with Crippen LogP contribution >= 0.6 is 11.3 Å². The van der Waals surface area contributed by atoms with Crippen LogP contribution in [0.25, 0.3) is 10.7 Å². The molecule has 0 aromatic carbocycles. The highest BCUT2D eigenvalue weighted by molar-refractivity contribution is 7.89. The number of carbonyl (C=O) groups excluding carboxylic acids is 1. The highest BCUT2D eigenvalue weighted by Crippen LogP contribution is 2.30. The summed E-state index contributed by atoms with van der Waals surface area (Å²) in [5, 5.41) is 2.68. The molecule has 2 aromatic rings. The Kier molecular flexibility index (Phi) is 7.57. The van der Waals surface area contributed by atoms with Gasteiger partial charge in [-0.2, -0.15) is 4.31 Å². The van der Waals surface area contributed by atoms with Gasteiger partial charge in [0.1, 0.15) is 16.4 Å². The molecule has 10 heteroatoms. The minimum atomic E-state index is -3.64. The predicted molar refractivity (Wildman–Crippen MR) is 131 cm³/mol. The Morgan fingerprint density at radius 3 is 2.39 bits per heavy atom. The van der Waals surface area contributed by atoms with Crippen LogP contribution < -0.4 is 0 Å². The molecule has 0 N–H and O–H groups in total. The summed E-state index contributed by atoms with van der Waals surface area (Å²) in [6.45, 7) is 11.4. The summed E-state index contributed by atoms with van der Waals surface area (Å²) >= 11 is 1.47. The van der Waals surface area contributed by atoms with Crippen molar-refractivity contribution in [3.05, 3.63) is 23.3 Å². The minimum absolute atomic E-state index is 0.0334. The van der Waals surface area contributed by atoms with Gasteiger partial charge in [0.25, 0.3) is 0 Å². The largest absolute Gasteiger partial charge is 0.341 e. The lowest BCUT2D eigenvalue weighted by Gasteiger charge is -2.34. The molecule has 8 nitrogen and oxygen atoms in total. The third-order valence-electron chi connectivity index (χ3n) is 6.32. The monoisotopic (exact) mass is 493 g/mol. The molecule has 0 aliphatic carbocycles. The minimum Gasteiger partial charge on any atom is -0.341 e. The van der Waals surface area contributed by atoms with Gasteiger partial charge in [-0.15, -0.1) is 11.3 Å². The van der Waals surface area contributed by atoms with E-state index in [-0.39, 0.29) is 17.3 Å². The van der Waals surface area contributed by atoms with Crippen molar-refractivity contribution in [1.29, 1.82) is 0 Å². The molecule has 2 saturated heterocycles. The van der Waals surface area contributed by atoms with Crippen molar-refractivity contribution in [1.82, 2.24) is 23.7 Å². The number of sulfonamides is 1. The van der Waals surface area contributed by atoms with Crippen molar-refractivity contribution < 1.29 is 13.2 Å². The highest BCUT2D eigenvalue weighted by Gasteiger charge is 2.31. The Morgan fingerprint density at radius 1 is 1.09 bits per heavy atom. The van der Waals surface area contributed by atoms with Gasteiger partial charge in [-0.25, -0.2) is 13.4 Å². The number of piperidine rings is 1. The standard InChI is InChI=1S/C23H35N5O3S2/c1-18(2)14-25-9-11-28(12-10-25)33(30,31)20-13-21(23-24-19(3)17-32-23)27(15-20)16-22(29)26-7-5-4-6-8-26/h13,15,17-18H,4-12,14,16H2,1-3H3. The Hall–Kier alpha value is -1.75. The molecule has 2 aliphatic rings. The molecular weight excluding hydrogens is 458 g/mol. The van der Waals surface area contributed by atoms with Crippen LogP contribution in [-0.2, 0) is 21.4 Å². The molecule has 182 valence electrons. The number of aromatic nitrogens is 2. The van der Waals surface area contributed by atoms with E-state index in [9.17, 15) is 13.2 Å². The maximum absolute atomic E-state index is 13.5. The number of carbonyl (C=O) groups is 1. The van der Waals surface area contributed by atoms with Gasteiger partial charge in [0.2, 0.25) is 15.9 Å². The molecule has 1 amide bonds. The maximum Gasteiger partial charge on any atom is 0.244 e. The van der Waals surface area contributed by atoms with Crippen molar-refractivity contribution in [3.63, 3.8) is 0 Å². The third-order valence-corrected chi connectivity index (χ3v) is 9.16. The zero-order chi connectivity index (χ0) is 23.6. The van der Waals surface area contributed by atoms with Gasteiger partial charge in [0.05, 0.1) is 5.69 Å². The molecule has 2 aromatic heterocycles. The van der Waals surface area contributed by atoms with E-state index in [1.54, 1.807) is 21.1 Å². The van der Waals surface area contributed by atoms with E-state index in [0.29, 0.717) is 24.7 Å². The average molecular weight is 494 g/mol. The van der Waals surface area contributed by atoms with E-state index in [0.717, 1.165) is 62.7 Å². The number of aryl methyl sites for hydroxylation is 1. The van der Waals surface area contributed by atoms with Crippen LogP contribution in [0.2, 0.25) is 0 Å². The highest BCUT2D eigenvalue weighted by atomic mass is 32.2. The van der Waals surface area contributed by atoms with Crippen LogP contribution in [-0.4, -0.2) is 83.8 Å². The molecule has 2 aliphatic heterocycles. The number of hydrogen-bond donors (Lipinski definition) is 0. The van der Waals surface area contributed by atoms with Crippen LogP contribution in [0.5, 0.6) is 0 Å². The first kappa shape index (κ1) is 24.4.